The number of nitro groups is 1. The Hall–Kier alpha value is -3.41. The van der Waals surface area contributed by atoms with Gasteiger partial charge in [-0.25, -0.2) is 8.78 Å². The number of carbonyl (C=O) groups excluding carboxylic acids is 1. The molecule has 0 aliphatic heterocycles. The van der Waals surface area contributed by atoms with E-state index in [0.717, 1.165) is 18.2 Å². The first-order chi connectivity index (χ1) is 11.5. The summed E-state index contributed by atoms with van der Waals surface area (Å²) in [6.45, 7) is -0.229. The molecule has 0 bridgehead atoms. The van der Waals surface area contributed by atoms with Gasteiger partial charge >= 0.3 is 5.88 Å². The summed E-state index contributed by atoms with van der Waals surface area (Å²) in [5, 5.41) is 12.8. The van der Waals surface area contributed by atoms with Crippen LogP contribution in [0.1, 0.15) is 10.6 Å². The molecule has 0 saturated carbocycles. The van der Waals surface area contributed by atoms with Crippen LogP contribution in [-0.4, -0.2) is 24.0 Å². The average molecular weight is 336 g/mol. The monoisotopic (exact) mass is 336 g/mol. The maximum atomic E-state index is 13.2. The van der Waals surface area contributed by atoms with E-state index in [9.17, 15) is 23.7 Å². The van der Waals surface area contributed by atoms with Crippen molar-refractivity contribution in [1.29, 1.82) is 0 Å². The topological polar surface area (TPSA) is 94.6 Å². The lowest BCUT2D eigenvalue weighted by atomic mass is 10.3. The van der Waals surface area contributed by atoms with Gasteiger partial charge in [-0.1, -0.05) is 11.8 Å². The molecular formula is C15H10F2N2O5. The second kappa shape index (κ2) is 7.73. The van der Waals surface area contributed by atoms with Crippen molar-refractivity contribution >= 4 is 11.8 Å². The van der Waals surface area contributed by atoms with Crippen molar-refractivity contribution in [3.8, 4) is 17.6 Å². The van der Waals surface area contributed by atoms with Gasteiger partial charge in [0.2, 0.25) is 0 Å². The number of furan rings is 1. The van der Waals surface area contributed by atoms with Crippen LogP contribution in [0, 0.1) is 33.6 Å². The number of carbonyl (C=O) groups is 1. The number of halogens is 2. The summed E-state index contributed by atoms with van der Waals surface area (Å²) in [6, 6.07) is 5.10. The summed E-state index contributed by atoms with van der Waals surface area (Å²) in [5.74, 6) is 1.94. The molecule has 0 unspecified atom stereocenters. The predicted molar refractivity (Wildman–Crippen MR) is 77.3 cm³/mol. The summed E-state index contributed by atoms with van der Waals surface area (Å²) in [6.07, 6.45) is 0. The van der Waals surface area contributed by atoms with Crippen molar-refractivity contribution in [1.82, 2.24) is 5.32 Å². The molecular weight excluding hydrogens is 326 g/mol. The zero-order valence-corrected chi connectivity index (χ0v) is 12.0. The standard InChI is InChI=1S/C15H10F2N2O5/c16-10-3-4-12(11(17)9-10)23-8-2-1-7-18-15(20)13-5-6-14(24-13)19(21)22/h3-6,9H,7-8H2,(H,18,20). The van der Waals surface area contributed by atoms with Gasteiger partial charge in [0.1, 0.15) is 17.3 Å². The summed E-state index contributed by atoms with van der Waals surface area (Å²) in [4.78, 5) is 21.3. The molecule has 0 aliphatic carbocycles. The Kier molecular flexibility index (Phi) is 5.46. The molecule has 0 aliphatic rings. The van der Waals surface area contributed by atoms with Gasteiger partial charge in [0.25, 0.3) is 5.91 Å². The van der Waals surface area contributed by atoms with Crippen LogP contribution in [0.15, 0.2) is 34.7 Å². The lowest BCUT2D eigenvalue weighted by Gasteiger charge is -2.02. The minimum Gasteiger partial charge on any atom is -0.478 e. The Morgan fingerprint density at radius 1 is 1.29 bits per heavy atom. The lowest BCUT2D eigenvalue weighted by molar-refractivity contribution is -0.402. The van der Waals surface area contributed by atoms with Crippen molar-refractivity contribution in [2.45, 2.75) is 0 Å². The van der Waals surface area contributed by atoms with E-state index in [1.54, 1.807) is 0 Å². The summed E-state index contributed by atoms with van der Waals surface area (Å²) < 4.78 is 35.6. The first-order valence-corrected chi connectivity index (χ1v) is 6.53. The van der Waals surface area contributed by atoms with Crippen molar-refractivity contribution < 1.29 is 27.7 Å². The zero-order valence-electron chi connectivity index (χ0n) is 12.0. The highest BCUT2D eigenvalue weighted by Gasteiger charge is 2.16. The van der Waals surface area contributed by atoms with Gasteiger partial charge in [-0.3, -0.25) is 14.9 Å². The van der Waals surface area contributed by atoms with Crippen LogP contribution in [0.25, 0.3) is 0 Å². The summed E-state index contributed by atoms with van der Waals surface area (Å²) in [7, 11) is 0. The molecule has 1 amide bonds. The molecule has 2 rings (SSSR count). The van der Waals surface area contributed by atoms with Crippen LogP contribution in [0.4, 0.5) is 14.7 Å². The molecule has 0 atom stereocenters. The predicted octanol–water partition coefficient (Wildman–Crippen LogP) is 2.28. The Bertz CT molecular complexity index is 823. The second-order valence-corrected chi connectivity index (χ2v) is 4.29. The number of benzene rings is 1. The fourth-order valence-corrected chi connectivity index (χ4v) is 1.58. The van der Waals surface area contributed by atoms with Crippen LogP contribution in [0.5, 0.6) is 5.75 Å². The van der Waals surface area contributed by atoms with E-state index < -0.39 is 28.3 Å². The third kappa shape index (κ3) is 4.54. The minimum absolute atomic E-state index is 0.0669. The molecule has 0 radical (unpaired) electrons. The Morgan fingerprint density at radius 2 is 2.08 bits per heavy atom. The maximum absolute atomic E-state index is 13.2. The van der Waals surface area contributed by atoms with Crippen LogP contribution < -0.4 is 10.1 Å². The van der Waals surface area contributed by atoms with Crippen molar-refractivity contribution in [2.24, 2.45) is 0 Å². The number of nitrogens with one attached hydrogen (secondary N) is 1. The first kappa shape index (κ1) is 17.0. The minimum atomic E-state index is -0.843. The quantitative estimate of drug-likeness (QED) is 0.513. The fraction of sp³-hybridized carbons (Fsp3) is 0.133. The number of nitrogens with zero attached hydrogens (tertiary/aromatic N) is 1. The van der Waals surface area contributed by atoms with E-state index in [0.29, 0.717) is 6.07 Å². The number of hydrogen-bond acceptors (Lipinski definition) is 5. The Morgan fingerprint density at radius 3 is 2.75 bits per heavy atom. The van der Waals surface area contributed by atoms with E-state index >= 15 is 0 Å². The molecule has 7 nitrogen and oxygen atoms in total. The van der Waals surface area contributed by atoms with E-state index in [2.05, 4.69) is 17.2 Å². The van der Waals surface area contributed by atoms with Crippen LogP contribution in [-0.2, 0) is 0 Å². The molecule has 1 N–H and O–H groups in total. The largest absolute Gasteiger partial charge is 0.478 e. The normalized spacial score (nSPS) is 9.75. The van der Waals surface area contributed by atoms with E-state index in [-0.39, 0.29) is 24.7 Å². The third-order valence-corrected chi connectivity index (χ3v) is 2.65. The molecule has 0 spiro atoms. The van der Waals surface area contributed by atoms with Crippen molar-refractivity contribution in [3.63, 3.8) is 0 Å². The van der Waals surface area contributed by atoms with Gasteiger partial charge in [0, 0.05) is 6.07 Å². The molecule has 0 fully saturated rings. The number of rotatable bonds is 5. The maximum Gasteiger partial charge on any atom is 0.433 e. The second-order valence-electron chi connectivity index (χ2n) is 4.29. The van der Waals surface area contributed by atoms with Gasteiger partial charge in [-0.05, 0) is 18.2 Å². The van der Waals surface area contributed by atoms with Crippen molar-refractivity contribution in [2.75, 3.05) is 13.2 Å². The van der Waals surface area contributed by atoms with Gasteiger partial charge in [0.15, 0.2) is 17.3 Å². The molecule has 0 saturated heterocycles. The zero-order chi connectivity index (χ0) is 17.5. The van der Waals surface area contributed by atoms with Crippen LogP contribution in [0.3, 0.4) is 0 Å². The smallest absolute Gasteiger partial charge is 0.433 e. The van der Waals surface area contributed by atoms with Gasteiger partial charge in [0.05, 0.1) is 12.6 Å². The Labute approximate surface area is 134 Å². The van der Waals surface area contributed by atoms with E-state index in [1.807, 2.05) is 0 Å². The van der Waals surface area contributed by atoms with Crippen molar-refractivity contribution in [3.05, 3.63) is 57.8 Å². The van der Waals surface area contributed by atoms with Crippen LogP contribution in [0.2, 0.25) is 0 Å². The van der Waals surface area contributed by atoms with Gasteiger partial charge in [-0.2, -0.15) is 0 Å². The molecule has 1 aromatic carbocycles. The van der Waals surface area contributed by atoms with Crippen LogP contribution >= 0.6 is 0 Å². The molecule has 24 heavy (non-hydrogen) atoms. The van der Waals surface area contributed by atoms with Gasteiger partial charge < -0.3 is 14.5 Å². The summed E-state index contributed by atoms with van der Waals surface area (Å²) in [5.41, 5.74) is 0. The molecule has 2 aromatic rings. The number of amides is 1. The molecule has 1 aromatic heterocycles. The van der Waals surface area contributed by atoms with E-state index in [1.165, 1.54) is 6.07 Å². The Balaban J connectivity index is 1.77. The lowest BCUT2D eigenvalue weighted by Crippen LogP contribution is -2.23. The molecule has 9 heteroatoms. The molecule has 124 valence electrons. The highest BCUT2D eigenvalue weighted by Crippen LogP contribution is 2.17. The first-order valence-electron chi connectivity index (χ1n) is 6.53. The highest BCUT2D eigenvalue weighted by molar-refractivity contribution is 5.91. The third-order valence-electron chi connectivity index (χ3n) is 2.65. The fourth-order valence-electron chi connectivity index (χ4n) is 1.58. The average Bonchev–Trinajstić information content (AvgIpc) is 3.02. The highest BCUT2D eigenvalue weighted by atomic mass is 19.1. The molecule has 1 heterocycles. The van der Waals surface area contributed by atoms with Gasteiger partial charge in [-0.15, -0.1) is 0 Å². The SMILES string of the molecule is O=C(NCC#CCOc1ccc(F)cc1F)c1ccc([N+](=O)[O-])o1. The number of ether oxygens (including phenoxy) is 1. The van der Waals surface area contributed by atoms with E-state index in [4.69, 9.17) is 9.15 Å². The summed E-state index contributed by atoms with van der Waals surface area (Å²) >= 11 is 0. The number of hydrogen-bond donors (Lipinski definition) is 1.